The monoisotopic (exact) mass is 795 g/mol. The molecule has 238 valence electrons. The number of hydrogen-bond donors (Lipinski definition) is 0. The molecule has 6 nitrogen and oxygen atoms in total. The largest absolute Gasteiger partial charge is 0.308 e. The molecule has 3 aliphatic rings. The van der Waals surface area contributed by atoms with E-state index >= 15 is 4.57 Å². The van der Waals surface area contributed by atoms with E-state index in [0.29, 0.717) is 10.6 Å². The van der Waals surface area contributed by atoms with E-state index < -0.39 is 35.4 Å². The zero-order valence-electron chi connectivity index (χ0n) is 25.6. The molecule has 2 bridgehead atoms. The Labute approximate surface area is 296 Å². The molecule has 1 unspecified atom stereocenters. The summed E-state index contributed by atoms with van der Waals surface area (Å²) in [6.45, 7) is 1.95. The van der Waals surface area contributed by atoms with Crippen LogP contribution in [0.25, 0.3) is 10.9 Å². The number of aryl methyl sites for hydroxylation is 1. The van der Waals surface area contributed by atoms with E-state index in [-0.39, 0.29) is 10.8 Å². The van der Waals surface area contributed by atoms with Gasteiger partial charge in [0.2, 0.25) is 17.3 Å². The predicted octanol–water partition coefficient (Wildman–Crippen LogP) is 8.77. The van der Waals surface area contributed by atoms with Crippen LogP contribution in [0.3, 0.4) is 0 Å². The van der Waals surface area contributed by atoms with E-state index in [1.165, 1.54) is 0 Å². The quantitative estimate of drug-likeness (QED) is 0.167. The average molecular weight is 798 g/mol. The van der Waals surface area contributed by atoms with Gasteiger partial charge in [-0.25, -0.2) is 8.42 Å². The number of para-hydroxylation sites is 1. The van der Waals surface area contributed by atoms with Crippen molar-refractivity contribution < 1.29 is 13.0 Å². The lowest BCUT2D eigenvalue weighted by Crippen LogP contribution is -2.51. The van der Waals surface area contributed by atoms with Crippen molar-refractivity contribution >= 4 is 76.4 Å². The van der Waals surface area contributed by atoms with E-state index in [4.69, 9.17) is 4.98 Å². The van der Waals surface area contributed by atoms with Gasteiger partial charge in [-0.3, -0.25) is 9.55 Å². The number of aromatic nitrogens is 1. The Bertz CT molecular complexity index is 2430. The summed E-state index contributed by atoms with van der Waals surface area (Å²) >= 11 is 7.29. The highest BCUT2D eigenvalue weighted by atomic mass is 79.9. The van der Waals surface area contributed by atoms with Crippen molar-refractivity contribution in [3.8, 4) is 0 Å². The number of halogens is 2. The van der Waals surface area contributed by atoms with Gasteiger partial charge in [0.15, 0.2) is 0 Å². The second-order valence-corrected chi connectivity index (χ2v) is 18.9. The summed E-state index contributed by atoms with van der Waals surface area (Å²) in [6, 6.07) is 37.0. The molecule has 6 aromatic rings. The summed E-state index contributed by atoms with van der Waals surface area (Å²) in [4.78, 5) is 5.08. The van der Waals surface area contributed by atoms with Crippen molar-refractivity contribution in [3.05, 3.63) is 159 Å². The summed E-state index contributed by atoms with van der Waals surface area (Å²) in [5.74, 6) is -0.325. The summed E-state index contributed by atoms with van der Waals surface area (Å²) in [5.41, 5.74) is 5.26. The lowest BCUT2D eigenvalue weighted by Gasteiger charge is -2.49. The van der Waals surface area contributed by atoms with Crippen LogP contribution >= 0.6 is 39.2 Å². The minimum absolute atomic E-state index is 0.249. The normalized spacial score (nSPS) is 24.4. The van der Waals surface area contributed by atoms with Crippen LogP contribution in [-0.2, 0) is 14.6 Å². The van der Waals surface area contributed by atoms with Crippen molar-refractivity contribution in [1.29, 1.82) is 0 Å². The van der Waals surface area contributed by atoms with Gasteiger partial charge >= 0.3 is 0 Å². The molecule has 48 heavy (non-hydrogen) atoms. The number of nitrogens with zero attached hydrogens (tertiary/aromatic N) is 3. The number of pyridine rings is 1. The Morgan fingerprint density at radius 3 is 2.17 bits per heavy atom. The van der Waals surface area contributed by atoms with Crippen molar-refractivity contribution in [2.75, 3.05) is 4.67 Å². The zero-order valence-corrected chi connectivity index (χ0v) is 30.5. The molecule has 3 aliphatic heterocycles. The van der Waals surface area contributed by atoms with Gasteiger partial charge in [0.1, 0.15) is 0 Å². The third-order valence-electron chi connectivity index (χ3n) is 10.1. The van der Waals surface area contributed by atoms with Crippen LogP contribution in [0, 0.1) is 6.92 Å². The highest BCUT2D eigenvalue weighted by molar-refractivity contribution is 9.10. The third-order valence-corrected chi connectivity index (χ3v) is 16.2. The fourth-order valence-corrected chi connectivity index (χ4v) is 13.9. The maximum Gasteiger partial charge on any atom is 0.244 e. The second-order valence-electron chi connectivity index (χ2n) is 12.6. The van der Waals surface area contributed by atoms with Crippen LogP contribution in [0.5, 0.6) is 0 Å². The molecular weight excluding hydrogens is 769 g/mol. The van der Waals surface area contributed by atoms with Gasteiger partial charge in [0.25, 0.3) is 0 Å². The molecule has 5 atom stereocenters. The molecule has 0 amide bonds. The standard InChI is InChI=1S/C38H28Br2N3O3PS/c1-23-11-18-28(19-12-23)48(45,46)43-36-29-8-2-3-9-30(29)37(43)38-34(36)31-22-26(40)15-20-33(31)47(44,27-16-13-25(39)14-17-27)42(38)32-10-4-6-24-7-5-21-41-35(24)32/h2-22,34,36-38H,1H3/t34-,36-,37+,38-,47?/m1/s1. The van der Waals surface area contributed by atoms with Crippen molar-refractivity contribution in [2.45, 2.75) is 35.9 Å². The van der Waals surface area contributed by atoms with Gasteiger partial charge < -0.3 is 4.67 Å². The van der Waals surface area contributed by atoms with E-state index in [1.807, 2.05) is 104 Å². The van der Waals surface area contributed by atoms with Crippen molar-refractivity contribution in [1.82, 2.24) is 9.29 Å². The predicted molar refractivity (Wildman–Crippen MR) is 198 cm³/mol. The zero-order chi connectivity index (χ0) is 32.9. The van der Waals surface area contributed by atoms with Gasteiger partial charge in [-0.05, 0) is 90.3 Å². The van der Waals surface area contributed by atoms with Crippen LogP contribution in [0.2, 0.25) is 0 Å². The van der Waals surface area contributed by atoms with Crippen molar-refractivity contribution in [2.24, 2.45) is 0 Å². The molecule has 0 aliphatic carbocycles. The lowest BCUT2D eigenvalue weighted by atomic mass is 9.76. The van der Waals surface area contributed by atoms with Crippen molar-refractivity contribution in [3.63, 3.8) is 0 Å². The summed E-state index contributed by atoms with van der Waals surface area (Å²) in [6.07, 6.45) is 1.76. The van der Waals surface area contributed by atoms with Gasteiger partial charge in [0, 0.05) is 37.1 Å². The number of sulfonamides is 1. The lowest BCUT2D eigenvalue weighted by molar-refractivity contribution is 0.355. The maximum atomic E-state index is 16.5. The smallest absolute Gasteiger partial charge is 0.244 e. The molecular formula is C38H28Br2N3O3PS. The van der Waals surface area contributed by atoms with E-state index in [0.717, 1.165) is 47.8 Å². The first-order valence-electron chi connectivity index (χ1n) is 15.7. The average Bonchev–Trinajstić information content (AvgIpc) is 3.62. The fourth-order valence-electron chi connectivity index (χ4n) is 8.20. The van der Waals surface area contributed by atoms with Gasteiger partial charge in [-0.1, -0.05) is 92.0 Å². The van der Waals surface area contributed by atoms with Crippen LogP contribution in [0.15, 0.2) is 141 Å². The second kappa shape index (κ2) is 11.0. The summed E-state index contributed by atoms with van der Waals surface area (Å²) in [5, 5.41) is 2.30. The number of benzene rings is 5. The molecule has 4 heterocycles. The highest BCUT2D eigenvalue weighted by Crippen LogP contribution is 2.70. The Morgan fingerprint density at radius 2 is 1.42 bits per heavy atom. The van der Waals surface area contributed by atoms with Crippen LogP contribution in [0.1, 0.15) is 40.3 Å². The third kappa shape index (κ3) is 4.21. The first kappa shape index (κ1) is 30.5. The molecule has 0 radical (unpaired) electrons. The molecule has 5 aromatic carbocycles. The van der Waals surface area contributed by atoms with Gasteiger partial charge in [-0.2, -0.15) is 4.31 Å². The van der Waals surface area contributed by atoms with Crippen LogP contribution in [-0.4, -0.2) is 23.7 Å². The van der Waals surface area contributed by atoms with Gasteiger partial charge in [-0.15, -0.1) is 0 Å². The molecule has 0 saturated carbocycles. The molecule has 0 N–H and O–H groups in total. The minimum Gasteiger partial charge on any atom is -0.308 e. The fraction of sp³-hybridized carbons (Fsp3) is 0.132. The van der Waals surface area contributed by atoms with E-state index in [2.05, 4.69) is 48.7 Å². The Hall–Kier alpha value is -3.59. The van der Waals surface area contributed by atoms with E-state index in [1.54, 1.807) is 22.6 Å². The Kier molecular flexibility index (Phi) is 6.96. The number of fused-ring (bicyclic) bond motifs is 11. The highest BCUT2D eigenvalue weighted by Gasteiger charge is 2.67. The summed E-state index contributed by atoms with van der Waals surface area (Å²) < 4.78 is 51.9. The molecule has 1 saturated heterocycles. The van der Waals surface area contributed by atoms with Crippen LogP contribution < -0.4 is 15.3 Å². The molecule has 0 spiro atoms. The van der Waals surface area contributed by atoms with Crippen LogP contribution in [0.4, 0.5) is 5.69 Å². The van der Waals surface area contributed by atoms with E-state index in [9.17, 15) is 8.42 Å². The number of anilines is 1. The molecule has 1 fully saturated rings. The Morgan fingerprint density at radius 1 is 0.729 bits per heavy atom. The maximum absolute atomic E-state index is 16.5. The number of hydrogen-bond acceptors (Lipinski definition) is 4. The van der Waals surface area contributed by atoms with Gasteiger partial charge in [0.05, 0.1) is 34.2 Å². The SMILES string of the molecule is Cc1ccc(S(=O)(=O)N2[C@@H]3c4ccccc4[C@H]2[C@H]2[C@@H]3c3cc(Br)ccc3P(=O)(c3ccc(Br)cc3)N2c2cccc3cccnc23)cc1. The molecule has 1 aromatic heterocycles. The topological polar surface area (TPSA) is 70.6 Å². The number of rotatable bonds is 4. The molecule has 10 heteroatoms. The molecule has 9 rings (SSSR count). The minimum atomic E-state index is -4.00. The Balaban J connectivity index is 1.40. The first-order chi connectivity index (χ1) is 23.2. The summed E-state index contributed by atoms with van der Waals surface area (Å²) in [7, 11) is -7.67. The first-order valence-corrected chi connectivity index (χ1v) is 20.4.